The van der Waals surface area contributed by atoms with Crippen molar-refractivity contribution in [2.75, 3.05) is 6.61 Å². The number of cyclic esters (lactones) is 1. The van der Waals surface area contributed by atoms with Crippen LogP contribution in [-0.2, 0) is 20.7 Å². The topological polar surface area (TPSA) is 64.6 Å². The zero-order chi connectivity index (χ0) is 16.6. The van der Waals surface area contributed by atoms with Crippen molar-refractivity contribution in [2.24, 2.45) is 5.92 Å². The quantitative estimate of drug-likeness (QED) is 0.870. The Kier molecular flexibility index (Phi) is 4.04. The molecule has 3 rings (SSSR count). The Bertz CT molecular complexity index is 638. The van der Waals surface area contributed by atoms with E-state index in [2.05, 4.69) is 11.4 Å². The normalized spacial score (nSPS) is 23.4. The van der Waals surface area contributed by atoms with Crippen molar-refractivity contribution in [1.29, 1.82) is 0 Å². The van der Waals surface area contributed by atoms with Gasteiger partial charge in [0.15, 0.2) is 0 Å². The Balaban J connectivity index is 1.70. The van der Waals surface area contributed by atoms with Gasteiger partial charge in [-0.2, -0.15) is 0 Å². The van der Waals surface area contributed by atoms with Gasteiger partial charge < -0.3 is 14.8 Å². The van der Waals surface area contributed by atoms with Crippen molar-refractivity contribution < 1.29 is 19.1 Å². The van der Waals surface area contributed by atoms with Crippen LogP contribution in [0.1, 0.15) is 50.8 Å². The molecule has 2 aliphatic rings. The Morgan fingerprint density at radius 1 is 1.39 bits per heavy atom. The predicted octanol–water partition coefficient (Wildman–Crippen LogP) is 2.53. The number of rotatable bonds is 3. The SMILES string of the molecule is C[C@@H](NC(=O)[C@@H]1CC(=O)OC1(C)C)c1ccc2c(c1)CCCO2. The second-order valence-electron chi connectivity index (χ2n) is 6.88. The molecule has 0 unspecified atom stereocenters. The molecule has 1 aromatic rings. The van der Waals surface area contributed by atoms with E-state index >= 15 is 0 Å². The van der Waals surface area contributed by atoms with E-state index in [4.69, 9.17) is 9.47 Å². The van der Waals surface area contributed by atoms with Gasteiger partial charge in [-0.15, -0.1) is 0 Å². The molecule has 0 radical (unpaired) electrons. The van der Waals surface area contributed by atoms with Crippen molar-refractivity contribution >= 4 is 11.9 Å². The summed E-state index contributed by atoms with van der Waals surface area (Å²) in [6.45, 7) is 6.28. The maximum Gasteiger partial charge on any atom is 0.307 e. The second kappa shape index (κ2) is 5.87. The Hall–Kier alpha value is -2.04. The van der Waals surface area contributed by atoms with Gasteiger partial charge >= 0.3 is 5.97 Å². The third-order valence-corrected chi connectivity index (χ3v) is 4.69. The monoisotopic (exact) mass is 317 g/mol. The van der Waals surface area contributed by atoms with Gasteiger partial charge in [-0.25, -0.2) is 0 Å². The zero-order valence-corrected chi connectivity index (χ0v) is 13.8. The molecule has 0 aliphatic carbocycles. The van der Waals surface area contributed by atoms with E-state index in [0.29, 0.717) is 0 Å². The van der Waals surface area contributed by atoms with Crippen molar-refractivity contribution in [1.82, 2.24) is 5.32 Å². The fourth-order valence-corrected chi connectivity index (χ4v) is 3.27. The minimum Gasteiger partial charge on any atom is -0.493 e. The summed E-state index contributed by atoms with van der Waals surface area (Å²) in [6, 6.07) is 5.93. The van der Waals surface area contributed by atoms with Gasteiger partial charge in [-0.05, 0) is 50.8 Å². The van der Waals surface area contributed by atoms with E-state index in [1.807, 2.05) is 19.1 Å². The molecular weight excluding hydrogens is 294 g/mol. The van der Waals surface area contributed by atoms with Crippen LogP contribution in [-0.4, -0.2) is 24.1 Å². The summed E-state index contributed by atoms with van der Waals surface area (Å²) < 4.78 is 10.8. The Morgan fingerprint density at radius 2 is 2.17 bits per heavy atom. The highest BCUT2D eigenvalue weighted by Crippen LogP contribution is 2.33. The number of benzene rings is 1. The molecular formula is C18H23NO4. The molecule has 1 saturated heterocycles. The van der Waals surface area contributed by atoms with E-state index in [9.17, 15) is 9.59 Å². The maximum atomic E-state index is 12.5. The molecule has 0 aromatic heterocycles. The van der Waals surface area contributed by atoms with Crippen LogP contribution < -0.4 is 10.1 Å². The molecule has 1 aromatic carbocycles. The van der Waals surface area contributed by atoms with Crippen LogP contribution >= 0.6 is 0 Å². The van der Waals surface area contributed by atoms with Crippen molar-refractivity contribution in [3.63, 3.8) is 0 Å². The van der Waals surface area contributed by atoms with E-state index in [1.165, 1.54) is 5.56 Å². The standard InChI is InChI=1S/C18H23NO4/c1-11(12-6-7-15-13(9-12)5-4-8-22-15)19-17(21)14-10-16(20)23-18(14,2)3/h6-7,9,11,14H,4-5,8,10H2,1-3H3,(H,19,21)/t11-,14+/m1/s1. The van der Waals surface area contributed by atoms with Crippen molar-refractivity contribution in [3.8, 4) is 5.75 Å². The summed E-state index contributed by atoms with van der Waals surface area (Å²) in [5.74, 6) is 0.0453. The van der Waals surface area contributed by atoms with Crippen LogP contribution in [0.25, 0.3) is 0 Å². The summed E-state index contributed by atoms with van der Waals surface area (Å²) in [6.07, 6.45) is 2.17. The lowest BCUT2D eigenvalue weighted by Gasteiger charge is -2.26. The van der Waals surface area contributed by atoms with Crippen LogP contribution in [0.15, 0.2) is 18.2 Å². The maximum absolute atomic E-state index is 12.5. The molecule has 0 saturated carbocycles. The van der Waals surface area contributed by atoms with Crippen LogP contribution in [0, 0.1) is 5.92 Å². The fraction of sp³-hybridized carbons (Fsp3) is 0.556. The van der Waals surface area contributed by atoms with E-state index in [0.717, 1.165) is 30.8 Å². The molecule has 0 spiro atoms. The first-order valence-electron chi connectivity index (χ1n) is 8.14. The summed E-state index contributed by atoms with van der Waals surface area (Å²) >= 11 is 0. The Labute approximate surface area is 136 Å². The van der Waals surface area contributed by atoms with Crippen molar-refractivity contribution in [3.05, 3.63) is 29.3 Å². The summed E-state index contributed by atoms with van der Waals surface area (Å²) in [4.78, 5) is 24.0. The molecule has 2 aliphatic heterocycles. The van der Waals surface area contributed by atoms with E-state index < -0.39 is 11.5 Å². The van der Waals surface area contributed by atoms with Gasteiger partial charge in [0.05, 0.1) is 25.0 Å². The summed E-state index contributed by atoms with van der Waals surface area (Å²) in [7, 11) is 0. The lowest BCUT2D eigenvalue weighted by molar-refractivity contribution is -0.147. The number of hydrogen-bond donors (Lipinski definition) is 1. The van der Waals surface area contributed by atoms with Gasteiger partial charge in [0, 0.05) is 0 Å². The van der Waals surface area contributed by atoms with Crippen LogP contribution in [0.4, 0.5) is 0 Å². The fourth-order valence-electron chi connectivity index (χ4n) is 3.27. The van der Waals surface area contributed by atoms with Crippen LogP contribution in [0.5, 0.6) is 5.75 Å². The van der Waals surface area contributed by atoms with Gasteiger partial charge in [0.2, 0.25) is 5.91 Å². The second-order valence-corrected chi connectivity index (χ2v) is 6.88. The predicted molar refractivity (Wildman–Crippen MR) is 85.1 cm³/mol. The highest BCUT2D eigenvalue weighted by Gasteiger charge is 2.46. The highest BCUT2D eigenvalue weighted by atomic mass is 16.6. The molecule has 124 valence electrons. The first-order chi connectivity index (χ1) is 10.9. The minimum atomic E-state index is -0.745. The van der Waals surface area contributed by atoms with Gasteiger partial charge in [-0.1, -0.05) is 12.1 Å². The molecule has 0 bridgehead atoms. The molecule has 2 heterocycles. The van der Waals surface area contributed by atoms with Gasteiger partial charge in [-0.3, -0.25) is 9.59 Å². The number of esters is 1. The molecule has 23 heavy (non-hydrogen) atoms. The molecule has 1 amide bonds. The first-order valence-corrected chi connectivity index (χ1v) is 8.14. The Morgan fingerprint density at radius 3 is 2.87 bits per heavy atom. The van der Waals surface area contributed by atoms with Crippen LogP contribution in [0.2, 0.25) is 0 Å². The van der Waals surface area contributed by atoms with E-state index in [-0.39, 0.29) is 24.3 Å². The molecule has 5 nitrogen and oxygen atoms in total. The smallest absolute Gasteiger partial charge is 0.307 e. The number of carbonyl (C=O) groups is 2. The van der Waals surface area contributed by atoms with Crippen LogP contribution in [0.3, 0.4) is 0 Å². The highest BCUT2D eigenvalue weighted by molar-refractivity contribution is 5.87. The molecule has 1 N–H and O–H groups in total. The van der Waals surface area contributed by atoms with Crippen molar-refractivity contribution in [2.45, 2.75) is 51.7 Å². The lowest BCUT2D eigenvalue weighted by atomic mass is 9.89. The van der Waals surface area contributed by atoms with Gasteiger partial charge in [0.1, 0.15) is 11.4 Å². The number of carbonyl (C=O) groups excluding carboxylic acids is 2. The molecule has 1 fully saturated rings. The molecule has 2 atom stereocenters. The summed E-state index contributed by atoms with van der Waals surface area (Å²) in [5.41, 5.74) is 1.49. The third-order valence-electron chi connectivity index (χ3n) is 4.69. The average molecular weight is 317 g/mol. The van der Waals surface area contributed by atoms with Gasteiger partial charge in [0.25, 0.3) is 0 Å². The zero-order valence-electron chi connectivity index (χ0n) is 13.8. The number of amides is 1. The summed E-state index contributed by atoms with van der Waals surface area (Å²) in [5, 5.41) is 3.01. The number of fused-ring (bicyclic) bond motifs is 1. The minimum absolute atomic E-state index is 0.124. The lowest BCUT2D eigenvalue weighted by Crippen LogP contribution is -2.41. The largest absolute Gasteiger partial charge is 0.493 e. The van der Waals surface area contributed by atoms with E-state index in [1.54, 1.807) is 13.8 Å². The third kappa shape index (κ3) is 3.19. The first kappa shape index (κ1) is 15.8. The number of hydrogen-bond acceptors (Lipinski definition) is 4. The number of aryl methyl sites for hydroxylation is 1. The molecule has 5 heteroatoms. The average Bonchev–Trinajstić information content (AvgIpc) is 2.79. The number of ether oxygens (including phenoxy) is 2. The number of nitrogens with one attached hydrogen (secondary N) is 1.